The summed E-state index contributed by atoms with van der Waals surface area (Å²) in [5, 5.41) is 9.41. The summed E-state index contributed by atoms with van der Waals surface area (Å²) in [6, 6.07) is 8.84. The van der Waals surface area contributed by atoms with Gasteiger partial charge in [-0.1, -0.05) is 23.7 Å². The minimum atomic E-state index is -3.48. The number of halogens is 1. The Kier molecular flexibility index (Phi) is 8.13. The van der Waals surface area contributed by atoms with E-state index < -0.39 is 10.0 Å². The molecule has 0 bridgehead atoms. The molecule has 0 atom stereocenters. The number of amides is 1. The Labute approximate surface area is 210 Å². The van der Waals surface area contributed by atoms with Crippen LogP contribution >= 0.6 is 11.6 Å². The molecular formula is C23H28ClN7O3S. The van der Waals surface area contributed by atoms with E-state index in [1.54, 1.807) is 24.3 Å². The maximum absolute atomic E-state index is 12.4. The van der Waals surface area contributed by atoms with Crippen molar-refractivity contribution in [1.82, 2.24) is 20.3 Å². The fraction of sp³-hybridized carbons (Fsp3) is 0.304. The van der Waals surface area contributed by atoms with Crippen LogP contribution in [0.1, 0.15) is 35.3 Å². The van der Waals surface area contributed by atoms with E-state index in [-0.39, 0.29) is 24.4 Å². The van der Waals surface area contributed by atoms with Crippen molar-refractivity contribution in [2.24, 2.45) is 0 Å². The highest BCUT2D eigenvalue weighted by atomic mass is 35.5. The van der Waals surface area contributed by atoms with Crippen molar-refractivity contribution in [3.63, 3.8) is 0 Å². The van der Waals surface area contributed by atoms with Crippen LogP contribution in [-0.4, -0.2) is 48.6 Å². The molecule has 10 nitrogen and oxygen atoms in total. The average Bonchev–Trinajstić information content (AvgIpc) is 2.79. The van der Waals surface area contributed by atoms with Crippen LogP contribution in [0.3, 0.4) is 0 Å². The van der Waals surface area contributed by atoms with Gasteiger partial charge in [0.25, 0.3) is 5.91 Å². The number of aryl methyl sites for hydroxylation is 1. The largest absolute Gasteiger partial charge is 0.364 e. The number of pyridine rings is 1. The normalized spacial score (nSPS) is 11.3. The number of rotatable bonds is 9. The van der Waals surface area contributed by atoms with Gasteiger partial charge in [-0.25, -0.2) is 18.4 Å². The summed E-state index contributed by atoms with van der Waals surface area (Å²) in [7, 11) is -2.04. The van der Waals surface area contributed by atoms with Crippen LogP contribution in [0.2, 0.25) is 5.02 Å². The molecule has 0 fully saturated rings. The van der Waals surface area contributed by atoms with E-state index in [1.165, 1.54) is 19.4 Å². The Morgan fingerprint density at radius 2 is 1.94 bits per heavy atom. The number of carbonyl (C=O) groups is 1. The van der Waals surface area contributed by atoms with Crippen molar-refractivity contribution in [2.45, 2.75) is 33.4 Å². The molecule has 1 aromatic carbocycles. The second kappa shape index (κ2) is 10.9. The molecule has 3 N–H and O–H groups in total. The lowest BCUT2D eigenvalue weighted by Gasteiger charge is -2.19. The molecule has 2 aromatic heterocycles. The second-order valence-electron chi connectivity index (χ2n) is 8.24. The average molecular weight is 518 g/mol. The number of hydrogen-bond donors (Lipinski definition) is 3. The van der Waals surface area contributed by atoms with Gasteiger partial charge >= 0.3 is 0 Å². The lowest BCUT2D eigenvalue weighted by molar-refractivity contribution is 0.0943. The number of anilines is 4. The molecule has 12 heteroatoms. The number of aromatic nitrogens is 3. The summed E-state index contributed by atoms with van der Waals surface area (Å²) >= 11 is 6.30. The molecule has 0 saturated carbocycles. The quantitative estimate of drug-likeness (QED) is 0.391. The zero-order valence-corrected chi connectivity index (χ0v) is 21.7. The fourth-order valence-electron chi connectivity index (χ4n) is 3.10. The number of carbonyl (C=O) groups excluding carboxylic acids is 1. The second-order valence-corrected chi connectivity index (χ2v) is 10.7. The molecule has 2 heterocycles. The molecule has 0 radical (unpaired) electrons. The summed E-state index contributed by atoms with van der Waals surface area (Å²) in [6.07, 6.45) is 4.09. The molecule has 0 unspecified atom stereocenters. The predicted molar refractivity (Wildman–Crippen MR) is 139 cm³/mol. The molecule has 0 aliphatic heterocycles. The summed E-state index contributed by atoms with van der Waals surface area (Å²) in [6.45, 7) is 5.93. The highest BCUT2D eigenvalue weighted by Gasteiger charge is 2.17. The van der Waals surface area contributed by atoms with Gasteiger partial charge in [0.15, 0.2) is 5.82 Å². The maximum atomic E-state index is 12.4. The predicted octanol–water partition coefficient (Wildman–Crippen LogP) is 3.72. The zero-order chi connectivity index (χ0) is 25.8. The third kappa shape index (κ3) is 6.80. The van der Waals surface area contributed by atoms with E-state index in [0.29, 0.717) is 33.5 Å². The molecule has 0 aliphatic carbocycles. The topological polar surface area (TPSA) is 129 Å². The van der Waals surface area contributed by atoms with Crippen LogP contribution in [0.15, 0.2) is 42.7 Å². The first kappa shape index (κ1) is 26.2. The number of hydrogen-bond acceptors (Lipinski definition) is 8. The van der Waals surface area contributed by atoms with Gasteiger partial charge in [-0.05, 0) is 44.5 Å². The zero-order valence-electron chi connectivity index (χ0n) is 20.1. The molecule has 0 spiro atoms. The first-order chi connectivity index (χ1) is 16.5. The molecule has 3 rings (SSSR count). The molecule has 0 aliphatic rings. The van der Waals surface area contributed by atoms with Crippen LogP contribution in [0.25, 0.3) is 0 Å². The molecular weight excluding hydrogens is 490 g/mol. The van der Waals surface area contributed by atoms with Gasteiger partial charge in [0.05, 0.1) is 12.5 Å². The fourth-order valence-corrected chi connectivity index (χ4v) is 3.74. The van der Waals surface area contributed by atoms with E-state index in [9.17, 15) is 13.2 Å². The van der Waals surface area contributed by atoms with Crippen LogP contribution in [0.5, 0.6) is 0 Å². The smallest absolute Gasteiger partial charge is 0.251 e. The lowest BCUT2D eigenvalue weighted by atomic mass is 10.1. The SMILES string of the molecule is Cc1ccc(C(=O)NC(C)C)cc1Nc1ncc(Cl)c(NCc2cccnc2N(C)S(C)(=O)=O)n1. The van der Waals surface area contributed by atoms with E-state index >= 15 is 0 Å². The van der Waals surface area contributed by atoms with Gasteiger partial charge in [0.1, 0.15) is 10.8 Å². The van der Waals surface area contributed by atoms with E-state index in [0.717, 1.165) is 16.1 Å². The summed E-state index contributed by atoms with van der Waals surface area (Å²) in [5.41, 5.74) is 2.74. The highest BCUT2D eigenvalue weighted by molar-refractivity contribution is 7.92. The van der Waals surface area contributed by atoms with E-state index in [1.807, 2.05) is 26.8 Å². The number of nitrogens with one attached hydrogen (secondary N) is 3. The molecule has 0 saturated heterocycles. The monoisotopic (exact) mass is 517 g/mol. The van der Waals surface area contributed by atoms with Crippen LogP contribution < -0.4 is 20.3 Å². The van der Waals surface area contributed by atoms with Gasteiger partial charge in [-0.3, -0.25) is 9.10 Å². The maximum Gasteiger partial charge on any atom is 0.251 e. The number of nitrogens with zero attached hydrogens (tertiary/aromatic N) is 4. The molecule has 3 aromatic rings. The van der Waals surface area contributed by atoms with Gasteiger partial charge in [-0.2, -0.15) is 4.98 Å². The lowest BCUT2D eigenvalue weighted by Crippen LogP contribution is -2.30. The summed E-state index contributed by atoms with van der Waals surface area (Å²) < 4.78 is 25.0. The van der Waals surface area contributed by atoms with Gasteiger partial charge < -0.3 is 16.0 Å². The van der Waals surface area contributed by atoms with Crippen molar-refractivity contribution in [2.75, 3.05) is 28.2 Å². The first-order valence-electron chi connectivity index (χ1n) is 10.8. The van der Waals surface area contributed by atoms with Crippen LogP contribution in [0, 0.1) is 6.92 Å². The van der Waals surface area contributed by atoms with E-state index in [4.69, 9.17) is 11.6 Å². The number of benzene rings is 1. The molecule has 186 valence electrons. The Hall–Kier alpha value is -3.44. The van der Waals surface area contributed by atoms with Crippen molar-refractivity contribution in [1.29, 1.82) is 0 Å². The van der Waals surface area contributed by atoms with Crippen LogP contribution in [-0.2, 0) is 16.6 Å². The van der Waals surface area contributed by atoms with Gasteiger partial charge in [0, 0.05) is 42.6 Å². The minimum Gasteiger partial charge on any atom is -0.364 e. The van der Waals surface area contributed by atoms with Crippen molar-refractivity contribution in [3.05, 3.63) is 64.4 Å². The minimum absolute atomic E-state index is 0.0194. The van der Waals surface area contributed by atoms with Crippen molar-refractivity contribution < 1.29 is 13.2 Å². The third-order valence-corrected chi connectivity index (χ3v) is 6.46. The van der Waals surface area contributed by atoms with E-state index in [2.05, 4.69) is 30.9 Å². The Morgan fingerprint density at radius 1 is 1.20 bits per heavy atom. The summed E-state index contributed by atoms with van der Waals surface area (Å²) in [4.78, 5) is 25.3. The van der Waals surface area contributed by atoms with Crippen molar-refractivity contribution in [3.8, 4) is 0 Å². The third-order valence-electron chi connectivity index (χ3n) is 5.02. The summed E-state index contributed by atoms with van der Waals surface area (Å²) in [5.74, 6) is 0.764. The van der Waals surface area contributed by atoms with Crippen molar-refractivity contribution >= 4 is 50.8 Å². The highest BCUT2D eigenvalue weighted by Crippen LogP contribution is 2.26. The van der Waals surface area contributed by atoms with Gasteiger partial charge in [0.2, 0.25) is 16.0 Å². The molecule has 1 amide bonds. The Bertz CT molecular complexity index is 1330. The first-order valence-corrected chi connectivity index (χ1v) is 13.0. The van der Waals surface area contributed by atoms with Gasteiger partial charge in [-0.15, -0.1) is 0 Å². The molecule has 35 heavy (non-hydrogen) atoms. The Morgan fingerprint density at radius 3 is 2.63 bits per heavy atom. The number of sulfonamides is 1. The Balaban J connectivity index is 1.81. The van der Waals surface area contributed by atoms with Crippen LogP contribution in [0.4, 0.5) is 23.3 Å². The standard InChI is InChI=1S/C23H28ClN7O3S/c1-14(2)28-22(32)16-9-8-15(3)19(11-16)29-23-27-13-18(24)20(30-23)26-12-17-7-6-10-25-21(17)31(4)35(5,33)34/h6-11,13-14H,12H2,1-5H3,(H,28,32)(H2,26,27,29,30).